The molecule has 86 valence electrons. The number of aryl methyl sites for hydroxylation is 1. The third-order valence-corrected chi connectivity index (χ3v) is 2.51. The van der Waals surface area contributed by atoms with Crippen molar-refractivity contribution < 1.29 is 13.2 Å². The van der Waals surface area contributed by atoms with Crippen molar-refractivity contribution in [2.75, 3.05) is 0 Å². The van der Waals surface area contributed by atoms with Crippen molar-refractivity contribution in [3.05, 3.63) is 42.0 Å². The molecule has 1 aromatic carbocycles. The Morgan fingerprint density at radius 2 is 2.06 bits per heavy atom. The van der Waals surface area contributed by atoms with Crippen LogP contribution in [0, 0.1) is 6.92 Å². The molecule has 1 atom stereocenters. The number of carbonyl (C=O) groups is 1. The van der Waals surface area contributed by atoms with Gasteiger partial charge in [-0.15, -0.1) is 0 Å². The predicted octanol–water partition coefficient (Wildman–Crippen LogP) is 1.64. The fourth-order valence-electron chi connectivity index (χ4n) is 0.915. The molecular formula is C11H13NO3S. The molecule has 0 aliphatic heterocycles. The maximum atomic E-state index is 11.4. The molecule has 0 aromatic heterocycles. The molecule has 0 heterocycles. The third kappa shape index (κ3) is 3.51. The minimum Gasteiger partial charge on any atom is -0.385 e. The van der Waals surface area contributed by atoms with Gasteiger partial charge in [0.1, 0.15) is 5.75 Å². The summed E-state index contributed by atoms with van der Waals surface area (Å²) < 4.78 is 18.6. The number of amides is 1. The maximum absolute atomic E-state index is 11.4. The van der Waals surface area contributed by atoms with Crippen LogP contribution in [0.25, 0.3) is 0 Å². The summed E-state index contributed by atoms with van der Waals surface area (Å²) in [5.74, 6) is -0.0187. The van der Waals surface area contributed by atoms with Crippen LogP contribution in [-0.4, -0.2) is 10.1 Å². The number of benzene rings is 1. The van der Waals surface area contributed by atoms with Gasteiger partial charge in [-0.1, -0.05) is 24.8 Å². The first-order valence-corrected chi connectivity index (χ1v) is 5.70. The molecule has 0 aliphatic carbocycles. The van der Waals surface area contributed by atoms with Crippen molar-refractivity contribution in [1.29, 1.82) is 0 Å². The zero-order valence-electron chi connectivity index (χ0n) is 9.15. The van der Waals surface area contributed by atoms with Gasteiger partial charge in [0.15, 0.2) is 0 Å². The number of hydrogen-bond donors (Lipinski definition) is 1. The highest BCUT2D eigenvalue weighted by Crippen LogP contribution is 2.16. The first-order valence-electron chi connectivity index (χ1n) is 4.63. The monoisotopic (exact) mass is 239 g/mol. The molecule has 1 unspecified atom stereocenters. The van der Waals surface area contributed by atoms with Crippen LogP contribution in [0.4, 0.5) is 0 Å². The summed E-state index contributed by atoms with van der Waals surface area (Å²) in [7, 11) is 0. The maximum Gasteiger partial charge on any atom is 0.318 e. The standard InChI is InChI=1S/C11H13NO3S/c1-8(2)11(13)12-16(14)15-10-7-5-4-6-9(10)3/h4-7H,1H2,2-3H3,(H,12,13). The summed E-state index contributed by atoms with van der Waals surface area (Å²) >= 11 is -1.89. The largest absolute Gasteiger partial charge is 0.385 e. The summed E-state index contributed by atoms with van der Waals surface area (Å²) in [6, 6.07) is 7.12. The Morgan fingerprint density at radius 3 is 2.62 bits per heavy atom. The van der Waals surface area contributed by atoms with E-state index in [0.717, 1.165) is 5.56 Å². The van der Waals surface area contributed by atoms with Gasteiger partial charge in [-0.05, 0) is 25.5 Å². The van der Waals surface area contributed by atoms with Crippen LogP contribution >= 0.6 is 0 Å². The van der Waals surface area contributed by atoms with Crippen molar-refractivity contribution in [2.45, 2.75) is 13.8 Å². The van der Waals surface area contributed by atoms with E-state index in [1.54, 1.807) is 12.1 Å². The molecule has 1 rings (SSSR count). The SMILES string of the molecule is C=C(C)C(=O)NS(=O)Oc1ccccc1C. The Balaban J connectivity index is 2.62. The molecule has 0 aliphatic rings. The van der Waals surface area contributed by atoms with Gasteiger partial charge in [-0.2, -0.15) is 4.21 Å². The number of nitrogens with one attached hydrogen (secondary N) is 1. The molecule has 0 spiro atoms. The first kappa shape index (κ1) is 12.4. The summed E-state index contributed by atoms with van der Waals surface area (Å²) in [5, 5.41) is 0. The first-order chi connectivity index (χ1) is 7.50. The molecule has 5 heteroatoms. The zero-order chi connectivity index (χ0) is 12.1. The minimum absolute atomic E-state index is 0.279. The Hall–Kier alpha value is -1.62. The van der Waals surface area contributed by atoms with Gasteiger partial charge in [0.2, 0.25) is 0 Å². The molecule has 1 N–H and O–H groups in total. The van der Waals surface area contributed by atoms with E-state index in [0.29, 0.717) is 5.75 Å². The van der Waals surface area contributed by atoms with Crippen molar-refractivity contribution in [2.24, 2.45) is 0 Å². The van der Waals surface area contributed by atoms with Crippen LogP contribution in [0.3, 0.4) is 0 Å². The lowest BCUT2D eigenvalue weighted by Gasteiger charge is -2.07. The van der Waals surface area contributed by atoms with E-state index < -0.39 is 17.2 Å². The smallest absolute Gasteiger partial charge is 0.318 e. The Kier molecular flexibility index (Phi) is 4.25. The van der Waals surface area contributed by atoms with Crippen LogP contribution < -0.4 is 8.91 Å². The Labute approximate surface area is 97.1 Å². The lowest BCUT2D eigenvalue weighted by Crippen LogP contribution is -2.29. The second-order valence-electron chi connectivity index (χ2n) is 3.30. The van der Waals surface area contributed by atoms with Crippen LogP contribution in [0.2, 0.25) is 0 Å². The van der Waals surface area contributed by atoms with Crippen molar-refractivity contribution in [3.8, 4) is 5.75 Å². The average molecular weight is 239 g/mol. The van der Waals surface area contributed by atoms with Crippen LogP contribution in [0.1, 0.15) is 12.5 Å². The van der Waals surface area contributed by atoms with E-state index in [9.17, 15) is 9.00 Å². The molecule has 0 bridgehead atoms. The molecule has 0 saturated heterocycles. The van der Waals surface area contributed by atoms with Crippen molar-refractivity contribution in [3.63, 3.8) is 0 Å². The molecule has 1 aromatic rings. The van der Waals surface area contributed by atoms with Crippen molar-refractivity contribution >= 4 is 17.2 Å². The summed E-state index contributed by atoms with van der Waals surface area (Å²) in [6.45, 7) is 6.79. The van der Waals surface area contributed by atoms with E-state index in [1.807, 2.05) is 19.1 Å². The summed E-state index contributed by atoms with van der Waals surface area (Å²) in [5.41, 5.74) is 1.13. The molecule has 4 nitrogen and oxygen atoms in total. The quantitative estimate of drug-likeness (QED) is 0.813. The summed E-state index contributed by atoms with van der Waals surface area (Å²) in [6.07, 6.45) is 0. The molecule has 16 heavy (non-hydrogen) atoms. The van der Waals surface area contributed by atoms with Gasteiger partial charge < -0.3 is 4.18 Å². The lowest BCUT2D eigenvalue weighted by molar-refractivity contribution is -0.115. The van der Waals surface area contributed by atoms with E-state index in [2.05, 4.69) is 11.3 Å². The highest BCUT2D eigenvalue weighted by molar-refractivity contribution is 7.79. The molecule has 0 saturated carbocycles. The number of para-hydroxylation sites is 1. The van der Waals surface area contributed by atoms with Gasteiger partial charge in [-0.25, -0.2) is 4.72 Å². The van der Waals surface area contributed by atoms with E-state index in [-0.39, 0.29) is 5.57 Å². The zero-order valence-corrected chi connectivity index (χ0v) is 9.97. The van der Waals surface area contributed by atoms with E-state index >= 15 is 0 Å². The molecular weight excluding hydrogens is 226 g/mol. The number of carbonyl (C=O) groups excluding carboxylic acids is 1. The van der Waals surface area contributed by atoms with Crippen LogP contribution in [0.15, 0.2) is 36.4 Å². The van der Waals surface area contributed by atoms with E-state index in [1.165, 1.54) is 6.92 Å². The van der Waals surface area contributed by atoms with Gasteiger partial charge in [0.05, 0.1) is 0 Å². The minimum atomic E-state index is -1.89. The highest BCUT2D eigenvalue weighted by Gasteiger charge is 2.09. The molecule has 0 radical (unpaired) electrons. The predicted molar refractivity (Wildman–Crippen MR) is 62.9 cm³/mol. The second kappa shape index (κ2) is 5.46. The summed E-state index contributed by atoms with van der Waals surface area (Å²) in [4.78, 5) is 11.1. The van der Waals surface area contributed by atoms with Gasteiger partial charge in [0, 0.05) is 5.57 Å². The fraction of sp³-hybridized carbons (Fsp3) is 0.182. The molecule has 1 amide bonds. The van der Waals surface area contributed by atoms with Gasteiger partial charge in [-0.3, -0.25) is 4.79 Å². The highest BCUT2D eigenvalue weighted by atomic mass is 32.2. The average Bonchev–Trinajstić information content (AvgIpc) is 2.21. The van der Waals surface area contributed by atoms with E-state index in [4.69, 9.17) is 4.18 Å². The van der Waals surface area contributed by atoms with Crippen molar-refractivity contribution in [1.82, 2.24) is 4.72 Å². The van der Waals surface area contributed by atoms with Gasteiger partial charge >= 0.3 is 11.3 Å². The topological polar surface area (TPSA) is 55.4 Å². The third-order valence-electron chi connectivity index (χ3n) is 1.82. The second-order valence-corrected chi connectivity index (χ2v) is 4.14. The molecule has 0 fully saturated rings. The Morgan fingerprint density at radius 1 is 1.44 bits per heavy atom. The van der Waals surface area contributed by atoms with Gasteiger partial charge in [0.25, 0.3) is 5.91 Å². The van der Waals surface area contributed by atoms with Crippen LogP contribution in [0.5, 0.6) is 5.75 Å². The Bertz CT molecular complexity index is 443. The normalized spacial score (nSPS) is 11.6. The fourth-order valence-corrected chi connectivity index (χ4v) is 1.63. The number of hydrogen-bond acceptors (Lipinski definition) is 3. The lowest BCUT2D eigenvalue weighted by atomic mass is 10.2. The van der Waals surface area contributed by atoms with Crippen LogP contribution in [-0.2, 0) is 16.1 Å². The number of rotatable bonds is 4.